The molecular weight excluding hydrogens is 208 g/mol. The van der Waals surface area contributed by atoms with Crippen LogP contribution >= 0.6 is 0 Å². The van der Waals surface area contributed by atoms with Gasteiger partial charge >= 0.3 is 0 Å². The maximum atomic E-state index is 3.54. The van der Waals surface area contributed by atoms with Crippen molar-refractivity contribution in [2.45, 2.75) is 45.7 Å². The predicted molar refractivity (Wildman–Crippen MR) is 74.4 cm³/mol. The van der Waals surface area contributed by atoms with Gasteiger partial charge in [0.15, 0.2) is 0 Å². The third-order valence-corrected chi connectivity index (χ3v) is 3.14. The molecule has 2 aromatic rings. The van der Waals surface area contributed by atoms with E-state index in [0.29, 0.717) is 12.1 Å². The van der Waals surface area contributed by atoms with E-state index in [1.54, 1.807) is 0 Å². The van der Waals surface area contributed by atoms with E-state index < -0.39 is 0 Å². The van der Waals surface area contributed by atoms with Crippen molar-refractivity contribution in [2.24, 2.45) is 0 Å². The molecule has 0 unspecified atom stereocenters. The smallest absolute Gasteiger partial charge is 0.0456 e. The Kier molecular flexibility index (Phi) is 3.85. The molecule has 0 spiro atoms. The number of aromatic nitrogens is 1. The first-order valence-electron chi connectivity index (χ1n) is 6.48. The Balaban J connectivity index is 1.99. The van der Waals surface area contributed by atoms with Crippen molar-refractivity contribution in [1.29, 1.82) is 0 Å². The van der Waals surface area contributed by atoms with E-state index in [4.69, 9.17) is 0 Å². The number of aryl methyl sites for hydroxylation is 1. The van der Waals surface area contributed by atoms with Crippen LogP contribution in [0.1, 0.15) is 32.8 Å². The number of rotatable bonds is 5. The first-order chi connectivity index (χ1) is 8.16. The molecule has 1 aromatic carbocycles. The summed E-state index contributed by atoms with van der Waals surface area (Å²) < 4.78 is 0. The van der Waals surface area contributed by atoms with Crippen molar-refractivity contribution in [2.75, 3.05) is 0 Å². The highest BCUT2D eigenvalue weighted by Crippen LogP contribution is 2.19. The molecule has 92 valence electrons. The van der Waals surface area contributed by atoms with E-state index >= 15 is 0 Å². The zero-order chi connectivity index (χ0) is 12.3. The van der Waals surface area contributed by atoms with Gasteiger partial charge in [0.25, 0.3) is 0 Å². The summed E-state index contributed by atoms with van der Waals surface area (Å²) in [5, 5.41) is 4.91. The minimum absolute atomic E-state index is 0.563. The molecule has 0 aliphatic carbocycles. The average molecular weight is 230 g/mol. The van der Waals surface area contributed by atoms with Crippen LogP contribution < -0.4 is 5.32 Å². The van der Waals surface area contributed by atoms with Crippen molar-refractivity contribution < 1.29 is 0 Å². The van der Waals surface area contributed by atoms with E-state index in [2.05, 4.69) is 61.5 Å². The third kappa shape index (κ3) is 3.10. The van der Waals surface area contributed by atoms with E-state index in [-0.39, 0.29) is 0 Å². The topological polar surface area (TPSA) is 27.8 Å². The van der Waals surface area contributed by atoms with Gasteiger partial charge < -0.3 is 10.3 Å². The number of hydrogen-bond donors (Lipinski definition) is 2. The van der Waals surface area contributed by atoms with Crippen LogP contribution in [0.2, 0.25) is 0 Å². The fourth-order valence-corrected chi connectivity index (χ4v) is 2.36. The summed E-state index contributed by atoms with van der Waals surface area (Å²) in [5.74, 6) is 0. The highest BCUT2D eigenvalue weighted by atomic mass is 14.9. The second-order valence-corrected chi connectivity index (χ2v) is 5.12. The molecule has 0 bridgehead atoms. The van der Waals surface area contributed by atoms with Gasteiger partial charge in [-0.1, -0.05) is 32.0 Å². The highest BCUT2D eigenvalue weighted by molar-refractivity contribution is 5.82. The molecule has 0 saturated heterocycles. The molecule has 2 N–H and O–H groups in total. The minimum atomic E-state index is 0.563. The molecule has 0 aliphatic heterocycles. The Morgan fingerprint density at radius 2 is 1.94 bits per heavy atom. The van der Waals surface area contributed by atoms with E-state index in [0.717, 1.165) is 6.42 Å². The molecule has 2 rings (SSSR count). The Bertz CT molecular complexity index is 470. The second kappa shape index (κ2) is 5.37. The van der Waals surface area contributed by atoms with E-state index in [1.807, 2.05) is 0 Å². The molecular formula is C15H22N2. The number of hydrogen-bond acceptors (Lipinski definition) is 1. The number of aromatic amines is 1. The van der Waals surface area contributed by atoms with Gasteiger partial charge in [-0.25, -0.2) is 0 Å². The highest BCUT2D eigenvalue weighted by Gasteiger charge is 2.07. The SMILES string of the molecule is CC(C)N[C@@H](C)CCc1c[nH]c2ccccc12. The molecule has 17 heavy (non-hydrogen) atoms. The predicted octanol–water partition coefficient (Wildman–Crippen LogP) is 3.49. The first-order valence-corrected chi connectivity index (χ1v) is 6.48. The first kappa shape index (κ1) is 12.2. The lowest BCUT2D eigenvalue weighted by Gasteiger charge is -2.16. The lowest BCUT2D eigenvalue weighted by Crippen LogP contribution is -2.32. The Morgan fingerprint density at radius 3 is 2.71 bits per heavy atom. The van der Waals surface area contributed by atoms with Gasteiger partial charge in [-0.2, -0.15) is 0 Å². The molecule has 2 heteroatoms. The fourth-order valence-electron chi connectivity index (χ4n) is 2.36. The van der Waals surface area contributed by atoms with Crippen LogP contribution in [0.25, 0.3) is 10.9 Å². The third-order valence-electron chi connectivity index (χ3n) is 3.14. The van der Waals surface area contributed by atoms with Gasteiger partial charge in [0.05, 0.1) is 0 Å². The summed E-state index contributed by atoms with van der Waals surface area (Å²) in [6, 6.07) is 9.65. The maximum Gasteiger partial charge on any atom is 0.0456 e. The van der Waals surface area contributed by atoms with Crippen LogP contribution in [-0.4, -0.2) is 17.1 Å². The fraction of sp³-hybridized carbons (Fsp3) is 0.467. The van der Waals surface area contributed by atoms with Crippen LogP contribution in [-0.2, 0) is 6.42 Å². The summed E-state index contributed by atoms with van der Waals surface area (Å²) in [7, 11) is 0. The average Bonchev–Trinajstić information content (AvgIpc) is 2.69. The van der Waals surface area contributed by atoms with Gasteiger partial charge in [-0.15, -0.1) is 0 Å². The molecule has 0 radical (unpaired) electrons. The largest absolute Gasteiger partial charge is 0.361 e. The van der Waals surface area contributed by atoms with Crippen LogP contribution in [0, 0.1) is 0 Å². The van der Waals surface area contributed by atoms with Gasteiger partial charge in [0, 0.05) is 29.2 Å². The summed E-state index contributed by atoms with van der Waals surface area (Å²) in [6.07, 6.45) is 4.46. The summed E-state index contributed by atoms with van der Waals surface area (Å²) >= 11 is 0. The summed E-state index contributed by atoms with van der Waals surface area (Å²) in [6.45, 7) is 6.65. The zero-order valence-corrected chi connectivity index (χ0v) is 11.0. The number of para-hydroxylation sites is 1. The number of fused-ring (bicyclic) bond motifs is 1. The van der Waals surface area contributed by atoms with Crippen molar-refractivity contribution in [3.8, 4) is 0 Å². The van der Waals surface area contributed by atoms with E-state index in [1.165, 1.54) is 22.9 Å². The van der Waals surface area contributed by atoms with Crippen molar-refractivity contribution in [3.05, 3.63) is 36.0 Å². The molecule has 1 atom stereocenters. The van der Waals surface area contributed by atoms with Gasteiger partial charge in [-0.05, 0) is 31.4 Å². The normalized spacial score (nSPS) is 13.4. The van der Waals surface area contributed by atoms with Crippen molar-refractivity contribution in [1.82, 2.24) is 10.3 Å². The maximum absolute atomic E-state index is 3.54. The number of benzene rings is 1. The molecule has 0 fully saturated rings. The number of nitrogens with one attached hydrogen (secondary N) is 2. The van der Waals surface area contributed by atoms with Gasteiger partial charge in [0.2, 0.25) is 0 Å². The Labute approximate surface area is 103 Å². The lowest BCUT2D eigenvalue weighted by atomic mass is 10.0. The Hall–Kier alpha value is -1.28. The minimum Gasteiger partial charge on any atom is -0.361 e. The van der Waals surface area contributed by atoms with E-state index in [9.17, 15) is 0 Å². The quantitative estimate of drug-likeness (QED) is 0.808. The summed E-state index contributed by atoms with van der Waals surface area (Å²) in [4.78, 5) is 3.33. The van der Waals surface area contributed by atoms with Crippen LogP contribution in [0.3, 0.4) is 0 Å². The monoisotopic (exact) mass is 230 g/mol. The van der Waals surface area contributed by atoms with Crippen LogP contribution in [0.5, 0.6) is 0 Å². The van der Waals surface area contributed by atoms with Crippen LogP contribution in [0.15, 0.2) is 30.5 Å². The standard InChI is InChI=1S/C15H22N2/c1-11(2)17-12(3)8-9-13-10-16-15-7-5-4-6-14(13)15/h4-7,10-12,16-17H,8-9H2,1-3H3/t12-/m0/s1. The molecule has 2 nitrogen and oxygen atoms in total. The second-order valence-electron chi connectivity index (χ2n) is 5.12. The molecule has 0 amide bonds. The van der Waals surface area contributed by atoms with Crippen LogP contribution in [0.4, 0.5) is 0 Å². The van der Waals surface area contributed by atoms with Gasteiger partial charge in [0.1, 0.15) is 0 Å². The molecule has 0 aliphatic rings. The molecule has 1 aromatic heterocycles. The zero-order valence-electron chi connectivity index (χ0n) is 11.0. The van der Waals surface area contributed by atoms with Gasteiger partial charge in [-0.3, -0.25) is 0 Å². The molecule has 1 heterocycles. The number of H-pyrrole nitrogens is 1. The summed E-state index contributed by atoms with van der Waals surface area (Å²) in [5.41, 5.74) is 2.67. The molecule has 0 saturated carbocycles. The van der Waals surface area contributed by atoms with Crippen molar-refractivity contribution >= 4 is 10.9 Å². The van der Waals surface area contributed by atoms with Crippen molar-refractivity contribution in [3.63, 3.8) is 0 Å². The lowest BCUT2D eigenvalue weighted by molar-refractivity contribution is 0.466. The Morgan fingerprint density at radius 1 is 1.18 bits per heavy atom.